The van der Waals surface area contributed by atoms with E-state index in [1.54, 1.807) is 18.2 Å². The summed E-state index contributed by atoms with van der Waals surface area (Å²) in [4.78, 5) is 22.4. The van der Waals surface area contributed by atoms with Crippen LogP contribution in [0.15, 0.2) is 30.3 Å². The molecule has 1 heterocycles. The second kappa shape index (κ2) is 8.30. The van der Waals surface area contributed by atoms with Crippen molar-refractivity contribution >= 4 is 34.1 Å². The lowest BCUT2D eigenvalue weighted by Crippen LogP contribution is -2.07. The van der Waals surface area contributed by atoms with Crippen LogP contribution in [0.5, 0.6) is 0 Å². The first-order valence-corrected chi connectivity index (χ1v) is 8.42. The minimum atomic E-state index is -0.482. The van der Waals surface area contributed by atoms with Gasteiger partial charge in [-0.15, -0.1) is 10.2 Å². The van der Waals surface area contributed by atoms with Gasteiger partial charge >= 0.3 is 0 Å². The van der Waals surface area contributed by atoms with Gasteiger partial charge in [-0.1, -0.05) is 37.3 Å². The number of carbonyl (C=O) groups is 1. The van der Waals surface area contributed by atoms with Gasteiger partial charge in [-0.2, -0.15) is 0 Å². The van der Waals surface area contributed by atoms with E-state index in [9.17, 15) is 14.9 Å². The molecule has 2 rings (SSSR count). The summed E-state index contributed by atoms with van der Waals surface area (Å²) in [6, 6.07) is 6.23. The Morgan fingerprint density at radius 1 is 1.33 bits per heavy atom. The van der Waals surface area contributed by atoms with E-state index < -0.39 is 10.8 Å². The molecule has 126 valence electrons. The predicted molar refractivity (Wildman–Crippen MR) is 94.0 cm³/mol. The molecule has 0 spiro atoms. The van der Waals surface area contributed by atoms with Gasteiger partial charge in [-0.3, -0.25) is 20.2 Å². The monoisotopic (exact) mass is 346 g/mol. The lowest BCUT2D eigenvalue weighted by molar-refractivity contribution is -0.385. The van der Waals surface area contributed by atoms with Crippen molar-refractivity contribution in [2.45, 2.75) is 32.6 Å². The molecule has 0 atom stereocenters. The SMILES string of the molecule is CCC(CC)c1nnc(NC(=O)/C=C/c2ccccc2[N+](=O)[O-])s1. The largest absolute Gasteiger partial charge is 0.297 e. The maximum Gasteiger partial charge on any atom is 0.276 e. The Morgan fingerprint density at radius 2 is 2.04 bits per heavy atom. The summed E-state index contributed by atoms with van der Waals surface area (Å²) in [5.74, 6) is -0.0592. The average Bonchev–Trinajstić information content (AvgIpc) is 3.02. The molecule has 0 unspecified atom stereocenters. The highest BCUT2D eigenvalue weighted by atomic mass is 32.1. The summed E-state index contributed by atoms with van der Waals surface area (Å²) in [7, 11) is 0. The highest BCUT2D eigenvalue weighted by Gasteiger charge is 2.14. The molecule has 1 amide bonds. The number of amides is 1. The molecule has 0 saturated heterocycles. The van der Waals surface area contributed by atoms with Crippen molar-refractivity contribution in [2.75, 3.05) is 5.32 Å². The molecular weight excluding hydrogens is 328 g/mol. The third kappa shape index (κ3) is 4.45. The van der Waals surface area contributed by atoms with Crippen LogP contribution in [-0.2, 0) is 4.79 Å². The van der Waals surface area contributed by atoms with E-state index in [-0.39, 0.29) is 5.69 Å². The summed E-state index contributed by atoms with van der Waals surface area (Å²) in [5, 5.41) is 23.0. The fourth-order valence-corrected chi connectivity index (χ4v) is 3.21. The lowest BCUT2D eigenvalue weighted by Gasteiger charge is -2.05. The quantitative estimate of drug-likeness (QED) is 0.464. The van der Waals surface area contributed by atoms with Gasteiger partial charge in [0.15, 0.2) is 0 Å². The van der Waals surface area contributed by atoms with Crippen LogP contribution < -0.4 is 5.32 Å². The Balaban J connectivity index is 2.05. The molecule has 0 aliphatic carbocycles. The maximum absolute atomic E-state index is 12.0. The van der Waals surface area contributed by atoms with Crippen LogP contribution in [-0.4, -0.2) is 21.0 Å². The number of benzene rings is 1. The van der Waals surface area contributed by atoms with Crippen LogP contribution in [0.3, 0.4) is 0 Å². The number of nitrogens with one attached hydrogen (secondary N) is 1. The normalized spacial score (nSPS) is 11.1. The minimum Gasteiger partial charge on any atom is -0.297 e. The van der Waals surface area contributed by atoms with Crippen LogP contribution in [0, 0.1) is 10.1 Å². The highest BCUT2D eigenvalue weighted by molar-refractivity contribution is 7.15. The van der Waals surface area contributed by atoms with Gasteiger partial charge in [0.1, 0.15) is 5.01 Å². The van der Waals surface area contributed by atoms with Crippen LogP contribution in [0.2, 0.25) is 0 Å². The van der Waals surface area contributed by atoms with Crippen LogP contribution in [0.4, 0.5) is 10.8 Å². The second-order valence-corrected chi connectivity index (χ2v) is 6.11. The van der Waals surface area contributed by atoms with E-state index >= 15 is 0 Å². The molecule has 0 bridgehead atoms. The van der Waals surface area contributed by atoms with Crippen molar-refractivity contribution in [2.24, 2.45) is 0 Å². The van der Waals surface area contributed by atoms with Crippen molar-refractivity contribution in [3.8, 4) is 0 Å². The van der Waals surface area contributed by atoms with Gasteiger partial charge in [-0.25, -0.2) is 0 Å². The van der Waals surface area contributed by atoms with E-state index in [2.05, 4.69) is 29.4 Å². The van der Waals surface area contributed by atoms with Crippen molar-refractivity contribution < 1.29 is 9.72 Å². The number of carbonyl (C=O) groups excluding carboxylic acids is 1. The third-order valence-electron chi connectivity index (χ3n) is 3.55. The summed E-state index contributed by atoms with van der Waals surface area (Å²) in [6.45, 7) is 4.17. The number of aromatic nitrogens is 2. The van der Waals surface area contributed by atoms with Crippen LogP contribution >= 0.6 is 11.3 Å². The minimum absolute atomic E-state index is 0.0477. The Kier molecular flexibility index (Phi) is 6.14. The molecule has 0 aliphatic rings. The van der Waals surface area contributed by atoms with Gasteiger partial charge in [0.2, 0.25) is 11.0 Å². The Hall–Kier alpha value is -2.61. The van der Waals surface area contributed by atoms with Crippen molar-refractivity contribution in [3.05, 3.63) is 51.0 Å². The number of nitro groups is 1. The summed E-state index contributed by atoms with van der Waals surface area (Å²) < 4.78 is 0. The van der Waals surface area contributed by atoms with Gasteiger partial charge in [-0.05, 0) is 25.0 Å². The molecule has 0 aliphatic heterocycles. The summed E-state index contributed by atoms with van der Waals surface area (Å²) >= 11 is 1.35. The van der Waals surface area contributed by atoms with Gasteiger partial charge < -0.3 is 0 Å². The molecule has 1 aromatic heterocycles. The Morgan fingerprint density at radius 3 is 2.71 bits per heavy atom. The predicted octanol–water partition coefficient (Wildman–Crippen LogP) is 4.00. The van der Waals surface area contributed by atoms with Crippen molar-refractivity contribution in [3.63, 3.8) is 0 Å². The fraction of sp³-hybridized carbons (Fsp3) is 0.312. The molecule has 7 nitrogen and oxygen atoms in total. The summed E-state index contributed by atoms with van der Waals surface area (Å²) in [6.07, 6.45) is 4.60. The summed E-state index contributed by atoms with van der Waals surface area (Å²) in [5.41, 5.74) is 0.320. The van der Waals surface area contributed by atoms with Crippen LogP contribution in [0.25, 0.3) is 6.08 Å². The molecule has 0 radical (unpaired) electrons. The first kappa shape index (κ1) is 17.7. The molecule has 1 aromatic carbocycles. The Bertz CT molecular complexity index is 753. The molecule has 8 heteroatoms. The first-order chi connectivity index (χ1) is 11.5. The maximum atomic E-state index is 12.0. The lowest BCUT2D eigenvalue weighted by atomic mass is 10.1. The third-order valence-corrected chi connectivity index (χ3v) is 4.55. The standard InChI is InChI=1S/C16H18N4O3S/c1-3-11(4-2)15-18-19-16(24-15)17-14(21)10-9-12-7-5-6-8-13(12)20(22)23/h5-11H,3-4H2,1-2H3,(H,17,19,21)/b10-9+. The van der Waals surface area contributed by atoms with Crippen LogP contribution in [0.1, 0.15) is 43.2 Å². The van der Waals surface area contributed by atoms with Gasteiger partial charge in [0, 0.05) is 18.1 Å². The van der Waals surface area contributed by atoms with E-state index in [1.165, 1.54) is 29.6 Å². The number of rotatable bonds is 7. The van der Waals surface area contributed by atoms with Gasteiger partial charge in [0.05, 0.1) is 10.5 Å². The molecule has 1 N–H and O–H groups in total. The van der Waals surface area contributed by atoms with E-state index in [4.69, 9.17) is 0 Å². The zero-order valence-electron chi connectivity index (χ0n) is 13.4. The number of para-hydroxylation sites is 1. The molecule has 2 aromatic rings. The Labute approximate surface area is 143 Å². The van der Waals surface area contributed by atoms with E-state index in [1.807, 2.05) is 0 Å². The zero-order valence-corrected chi connectivity index (χ0v) is 14.2. The number of nitro benzene ring substituents is 1. The number of nitrogens with zero attached hydrogens (tertiary/aromatic N) is 3. The van der Waals surface area contributed by atoms with E-state index in [0.29, 0.717) is 16.6 Å². The topological polar surface area (TPSA) is 98.0 Å². The van der Waals surface area contributed by atoms with Crippen molar-refractivity contribution in [1.29, 1.82) is 0 Å². The fourth-order valence-electron chi connectivity index (χ4n) is 2.20. The number of hydrogen-bond acceptors (Lipinski definition) is 6. The smallest absolute Gasteiger partial charge is 0.276 e. The van der Waals surface area contributed by atoms with Crippen molar-refractivity contribution in [1.82, 2.24) is 10.2 Å². The number of anilines is 1. The highest BCUT2D eigenvalue weighted by Crippen LogP contribution is 2.28. The van der Waals surface area contributed by atoms with Gasteiger partial charge in [0.25, 0.3) is 5.69 Å². The molecule has 0 saturated carbocycles. The zero-order chi connectivity index (χ0) is 17.5. The number of hydrogen-bond donors (Lipinski definition) is 1. The van der Waals surface area contributed by atoms with E-state index in [0.717, 1.165) is 17.8 Å². The average molecular weight is 346 g/mol. The molecular formula is C16H18N4O3S. The second-order valence-electron chi connectivity index (χ2n) is 5.10. The molecule has 0 fully saturated rings. The first-order valence-electron chi connectivity index (χ1n) is 7.61. The molecule has 24 heavy (non-hydrogen) atoms.